The molecule has 0 radical (unpaired) electrons. The van der Waals surface area contributed by atoms with E-state index >= 15 is 0 Å². The SMILES string of the molecule is Cc1cc(NC(=O)CCNc2ccc(C#N)cc2)ccc1Br. The molecule has 0 saturated carbocycles. The quantitative estimate of drug-likeness (QED) is 0.847. The lowest BCUT2D eigenvalue weighted by Crippen LogP contribution is -2.16. The fraction of sp³-hybridized carbons (Fsp3) is 0.176. The summed E-state index contributed by atoms with van der Waals surface area (Å²) in [6.45, 7) is 2.51. The Bertz CT molecular complexity index is 705. The number of carbonyl (C=O) groups excluding carboxylic acids is 1. The topological polar surface area (TPSA) is 64.9 Å². The Balaban J connectivity index is 1.80. The minimum absolute atomic E-state index is 0.0390. The number of amides is 1. The Morgan fingerprint density at radius 3 is 2.50 bits per heavy atom. The average Bonchev–Trinajstić information content (AvgIpc) is 2.51. The van der Waals surface area contributed by atoms with Crippen molar-refractivity contribution in [1.29, 1.82) is 5.26 Å². The van der Waals surface area contributed by atoms with Crippen LogP contribution in [0.2, 0.25) is 0 Å². The van der Waals surface area contributed by atoms with Crippen molar-refractivity contribution in [3.05, 3.63) is 58.1 Å². The lowest BCUT2D eigenvalue weighted by atomic mass is 10.2. The van der Waals surface area contributed by atoms with Gasteiger partial charge in [-0.3, -0.25) is 4.79 Å². The zero-order chi connectivity index (χ0) is 15.9. The molecule has 0 aliphatic carbocycles. The lowest BCUT2D eigenvalue weighted by molar-refractivity contribution is -0.115. The summed E-state index contributed by atoms with van der Waals surface area (Å²) in [4.78, 5) is 11.9. The third kappa shape index (κ3) is 4.61. The number of nitriles is 1. The molecule has 0 unspecified atom stereocenters. The molecule has 0 atom stereocenters. The Labute approximate surface area is 138 Å². The van der Waals surface area contributed by atoms with E-state index in [0.29, 0.717) is 18.5 Å². The molecule has 0 aliphatic heterocycles. The number of rotatable bonds is 5. The van der Waals surface area contributed by atoms with E-state index in [2.05, 4.69) is 32.6 Å². The van der Waals surface area contributed by atoms with E-state index in [0.717, 1.165) is 21.4 Å². The van der Waals surface area contributed by atoms with Gasteiger partial charge in [0.1, 0.15) is 0 Å². The number of nitrogens with one attached hydrogen (secondary N) is 2. The van der Waals surface area contributed by atoms with Crippen LogP contribution in [0.1, 0.15) is 17.5 Å². The van der Waals surface area contributed by atoms with Crippen LogP contribution in [0.5, 0.6) is 0 Å². The minimum Gasteiger partial charge on any atom is -0.385 e. The molecule has 2 aromatic rings. The van der Waals surface area contributed by atoms with Gasteiger partial charge in [0.2, 0.25) is 5.91 Å². The molecule has 0 heterocycles. The predicted octanol–water partition coefficient (Wildman–Crippen LogP) is 4.07. The normalized spacial score (nSPS) is 9.86. The van der Waals surface area contributed by atoms with E-state index in [9.17, 15) is 4.79 Å². The van der Waals surface area contributed by atoms with E-state index in [1.165, 1.54) is 0 Å². The zero-order valence-electron chi connectivity index (χ0n) is 12.2. The maximum absolute atomic E-state index is 11.9. The highest BCUT2D eigenvalue weighted by molar-refractivity contribution is 9.10. The van der Waals surface area contributed by atoms with Crippen molar-refractivity contribution in [3.63, 3.8) is 0 Å². The van der Waals surface area contributed by atoms with Gasteiger partial charge >= 0.3 is 0 Å². The molecule has 4 nitrogen and oxygen atoms in total. The maximum Gasteiger partial charge on any atom is 0.226 e. The molecule has 2 aromatic carbocycles. The zero-order valence-corrected chi connectivity index (χ0v) is 13.8. The number of carbonyl (C=O) groups is 1. The second-order valence-electron chi connectivity index (χ2n) is 4.88. The standard InChI is InChI=1S/C17H16BrN3O/c1-12-10-15(6-7-16(12)18)21-17(22)8-9-20-14-4-2-13(11-19)3-5-14/h2-7,10,20H,8-9H2,1H3,(H,21,22). The Morgan fingerprint density at radius 1 is 1.18 bits per heavy atom. The van der Waals surface area contributed by atoms with Crippen LogP contribution in [0.4, 0.5) is 11.4 Å². The van der Waals surface area contributed by atoms with Crippen LogP contribution >= 0.6 is 15.9 Å². The highest BCUT2D eigenvalue weighted by Gasteiger charge is 2.04. The van der Waals surface area contributed by atoms with Gasteiger partial charge in [0, 0.05) is 28.8 Å². The predicted molar refractivity (Wildman–Crippen MR) is 91.8 cm³/mol. The van der Waals surface area contributed by atoms with Crippen molar-refractivity contribution in [2.75, 3.05) is 17.2 Å². The van der Waals surface area contributed by atoms with Crippen LogP contribution in [0, 0.1) is 18.3 Å². The first-order valence-corrected chi connectivity index (χ1v) is 7.68. The molecular formula is C17H16BrN3O. The highest BCUT2D eigenvalue weighted by atomic mass is 79.9. The van der Waals surface area contributed by atoms with Crippen molar-refractivity contribution < 1.29 is 4.79 Å². The van der Waals surface area contributed by atoms with Gasteiger partial charge in [-0.1, -0.05) is 15.9 Å². The average molecular weight is 358 g/mol. The van der Waals surface area contributed by atoms with E-state index < -0.39 is 0 Å². The van der Waals surface area contributed by atoms with Gasteiger partial charge in [-0.2, -0.15) is 5.26 Å². The van der Waals surface area contributed by atoms with E-state index in [4.69, 9.17) is 5.26 Å². The summed E-state index contributed by atoms with van der Waals surface area (Å²) in [5, 5.41) is 14.8. The van der Waals surface area contributed by atoms with Crippen LogP contribution < -0.4 is 10.6 Å². The fourth-order valence-corrected chi connectivity index (χ4v) is 2.18. The van der Waals surface area contributed by atoms with Gasteiger partial charge in [-0.05, 0) is 55.0 Å². The first-order chi connectivity index (χ1) is 10.6. The molecular weight excluding hydrogens is 342 g/mol. The number of hydrogen-bond donors (Lipinski definition) is 2. The van der Waals surface area contributed by atoms with Gasteiger partial charge in [0.05, 0.1) is 11.6 Å². The summed E-state index contributed by atoms with van der Waals surface area (Å²) in [5.41, 5.74) is 3.39. The summed E-state index contributed by atoms with van der Waals surface area (Å²) in [5.74, 6) is -0.0390. The molecule has 0 aromatic heterocycles. The van der Waals surface area contributed by atoms with Crippen LogP contribution in [0.15, 0.2) is 46.9 Å². The molecule has 0 spiro atoms. The van der Waals surface area contributed by atoms with Gasteiger partial charge in [0.15, 0.2) is 0 Å². The monoisotopic (exact) mass is 357 g/mol. The third-order valence-electron chi connectivity index (χ3n) is 3.14. The van der Waals surface area contributed by atoms with E-state index in [1.807, 2.05) is 37.3 Å². The van der Waals surface area contributed by atoms with Crippen LogP contribution in [-0.4, -0.2) is 12.5 Å². The van der Waals surface area contributed by atoms with Gasteiger partial charge in [-0.25, -0.2) is 0 Å². The largest absolute Gasteiger partial charge is 0.385 e. The second-order valence-corrected chi connectivity index (χ2v) is 5.73. The summed E-state index contributed by atoms with van der Waals surface area (Å²) in [6.07, 6.45) is 0.370. The van der Waals surface area contributed by atoms with Gasteiger partial charge in [0.25, 0.3) is 0 Å². The fourth-order valence-electron chi connectivity index (χ4n) is 1.93. The van der Waals surface area contributed by atoms with Crippen molar-refractivity contribution in [2.24, 2.45) is 0 Å². The highest BCUT2D eigenvalue weighted by Crippen LogP contribution is 2.20. The summed E-state index contributed by atoms with van der Waals surface area (Å²) < 4.78 is 1.02. The molecule has 0 fully saturated rings. The molecule has 1 amide bonds. The molecule has 0 aliphatic rings. The number of aryl methyl sites for hydroxylation is 1. The van der Waals surface area contributed by atoms with Crippen LogP contribution in [0.25, 0.3) is 0 Å². The molecule has 5 heteroatoms. The first-order valence-electron chi connectivity index (χ1n) is 6.88. The molecule has 0 saturated heterocycles. The second kappa shape index (κ2) is 7.62. The number of benzene rings is 2. The van der Waals surface area contributed by atoms with Crippen LogP contribution in [0.3, 0.4) is 0 Å². The Hall–Kier alpha value is -2.32. The van der Waals surface area contributed by atoms with Crippen molar-refractivity contribution in [1.82, 2.24) is 0 Å². The van der Waals surface area contributed by atoms with Crippen molar-refractivity contribution in [3.8, 4) is 6.07 Å². The maximum atomic E-state index is 11.9. The Kier molecular flexibility index (Phi) is 5.56. The molecule has 22 heavy (non-hydrogen) atoms. The van der Waals surface area contributed by atoms with Crippen molar-refractivity contribution >= 4 is 33.2 Å². The lowest BCUT2D eigenvalue weighted by Gasteiger charge is -2.08. The van der Waals surface area contributed by atoms with E-state index in [1.54, 1.807) is 12.1 Å². The van der Waals surface area contributed by atoms with E-state index in [-0.39, 0.29) is 5.91 Å². The number of anilines is 2. The summed E-state index contributed by atoms with van der Waals surface area (Å²) >= 11 is 3.43. The number of halogens is 1. The summed E-state index contributed by atoms with van der Waals surface area (Å²) in [7, 11) is 0. The molecule has 0 bridgehead atoms. The van der Waals surface area contributed by atoms with Crippen LogP contribution in [-0.2, 0) is 4.79 Å². The summed E-state index contributed by atoms with van der Waals surface area (Å²) in [6, 6.07) is 14.9. The van der Waals surface area contributed by atoms with Gasteiger partial charge in [-0.15, -0.1) is 0 Å². The smallest absolute Gasteiger partial charge is 0.226 e. The Morgan fingerprint density at radius 2 is 1.86 bits per heavy atom. The van der Waals surface area contributed by atoms with Gasteiger partial charge < -0.3 is 10.6 Å². The molecule has 2 N–H and O–H groups in total. The molecule has 2 rings (SSSR count). The number of nitrogens with zero attached hydrogens (tertiary/aromatic N) is 1. The first kappa shape index (κ1) is 16.1. The number of hydrogen-bond acceptors (Lipinski definition) is 3. The third-order valence-corrected chi connectivity index (χ3v) is 4.03. The minimum atomic E-state index is -0.0390. The van der Waals surface area contributed by atoms with Crippen molar-refractivity contribution in [2.45, 2.75) is 13.3 Å². The molecule has 112 valence electrons.